The third-order valence-corrected chi connectivity index (χ3v) is 4.50. The zero-order valence-electron chi connectivity index (χ0n) is 7.52. The van der Waals surface area contributed by atoms with Crippen LogP contribution in [0.15, 0.2) is 38.9 Å². The second-order valence-electron chi connectivity index (χ2n) is 2.93. The summed E-state index contributed by atoms with van der Waals surface area (Å²) in [5.74, 6) is 0. The fourth-order valence-corrected chi connectivity index (χ4v) is 3.17. The molecule has 0 spiro atoms. The molecule has 0 fully saturated rings. The van der Waals surface area contributed by atoms with Crippen LogP contribution >= 0.6 is 43.2 Å². The van der Waals surface area contributed by atoms with Gasteiger partial charge in [-0.1, -0.05) is 34.1 Å². The Hall–Kier alpha value is -0.230. The van der Waals surface area contributed by atoms with E-state index in [1.165, 1.54) is 11.3 Å². The second-order valence-corrected chi connectivity index (χ2v) is 5.42. The lowest BCUT2D eigenvalue weighted by molar-refractivity contribution is 0.222. The maximum absolute atomic E-state index is 10.2. The van der Waals surface area contributed by atoms with Gasteiger partial charge in [0.1, 0.15) is 10.7 Å². The number of hydrogen-bond donors (Lipinski definition) is 1. The van der Waals surface area contributed by atoms with Crippen molar-refractivity contribution in [3.8, 4) is 0 Å². The molecule has 0 saturated carbocycles. The van der Waals surface area contributed by atoms with Gasteiger partial charge in [-0.05, 0) is 22.0 Å². The predicted octanol–water partition coefficient (Wildman–Crippen LogP) is 3.75. The van der Waals surface area contributed by atoms with Crippen LogP contribution < -0.4 is 0 Å². The summed E-state index contributed by atoms with van der Waals surface area (Å²) in [4.78, 5) is 4.87. The number of aromatic nitrogens is 1. The lowest BCUT2D eigenvalue weighted by Gasteiger charge is -2.10. The number of benzene rings is 1. The van der Waals surface area contributed by atoms with Crippen LogP contribution in [0.2, 0.25) is 0 Å². The van der Waals surface area contributed by atoms with Crippen LogP contribution in [0.1, 0.15) is 16.5 Å². The molecule has 2 nitrogen and oxygen atoms in total. The standard InChI is InChI=1S/C10H7Br2NOS/c11-7-4-2-1-3-6(7)8(14)9-10(12)13-5-15-9/h1-5,8,14H. The van der Waals surface area contributed by atoms with Gasteiger partial charge in [-0.25, -0.2) is 4.98 Å². The highest BCUT2D eigenvalue weighted by Gasteiger charge is 2.17. The highest BCUT2D eigenvalue weighted by atomic mass is 79.9. The minimum Gasteiger partial charge on any atom is -0.383 e. The van der Waals surface area contributed by atoms with Crippen molar-refractivity contribution in [2.75, 3.05) is 0 Å². The van der Waals surface area contributed by atoms with Gasteiger partial charge in [0.05, 0.1) is 10.4 Å². The Kier molecular flexibility index (Phi) is 3.56. The Balaban J connectivity index is 2.41. The van der Waals surface area contributed by atoms with Gasteiger partial charge in [0, 0.05) is 10.0 Å². The summed E-state index contributed by atoms with van der Waals surface area (Å²) in [7, 11) is 0. The molecular formula is C10H7Br2NOS. The fourth-order valence-electron chi connectivity index (χ4n) is 1.26. The number of hydrogen-bond acceptors (Lipinski definition) is 3. The molecule has 1 atom stereocenters. The van der Waals surface area contributed by atoms with Crippen molar-refractivity contribution in [1.82, 2.24) is 4.98 Å². The van der Waals surface area contributed by atoms with Gasteiger partial charge in [-0.15, -0.1) is 11.3 Å². The van der Waals surface area contributed by atoms with Crippen molar-refractivity contribution in [3.63, 3.8) is 0 Å². The molecule has 1 aromatic carbocycles. The second kappa shape index (κ2) is 4.74. The van der Waals surface area contributed by atoms with Gasteiger partial charge in [0.2, 0.25) is 0 Å². The Morgan fingerprint density at radius 3 is 2.60 bits per heavy atom. The van der Waals surface area contributed by atoms with Gasteiger partial charge >= 0.3 is 0 Å². The minimum atomic E-state index is -0.637. The minimum absolute atomic E-state index is 0.637. The molecule has 5 heteroatoms. The maximum atomic E-state index is 10.2. The molecule has 0 saturated heterocycles. The number of thiazole rings is 1. The van der Waals surface area contributed by atoms with Gasteiger partial charge in [0.15, 0.2) is 0 Å². The first kappa shape index (κ1) is 11.3. The largest absolute Gasteiger partial charge is 0.383 e. The van der Waals surface area contributed by atoms with E-state index in [9.17, 15) is 5.11 Å². The molecule has 1 N–H and O–H groups in total. The molecule has 0 aliphatic carbocycles. The van der Waals surface area contributed by atoms with Crippen LogP contribution in [-0.2, 0) is 0 Å². The molecule has 2 rings (SSSR count). The topological polar surface area (TPSA) is 33.1 Å². The third kappa shape index (κ3) is 2.30. The van der Waals surface area contributed by atoms with E-state index in [2.05, 4.69) is 36.8 Å². The van der Waals surface area contributed by atoms with Crippen LogP contribution in [0.5, 0.6) is 0 Å². The third-order valence-electron chi connectivity index (χ3n) is 2.00. The number of aliphatic hydroxyl groups excluding tert-OH is 1. The molecular weight excluding hydrogens is 342 g/mol. The van der Waals surface area contributed by atoms with Crippen molar-refractivity contribution in [2.24, 2.45) is 0 Å². The fraction of sp³-hybridized carbons (Fsp3) is 0.100. The molecule has 0 aliphatic heterocycles. The molecule has 2 aromatic rings. The van der Waals surface area contributed by atoms with E-state index < -0.39 is 6.10 Å². The first-order valence-corrected chi connectivity index (χ1v) is 6.68. The highest BCUT2D eigenvalue weighted by molar-refractivity contribution is 9.10. The lowest BCUT2D eigenvalue weighted by Crippen LogP contribution is -1.98. The van der Waals surface area contributed by atoms with Crippen LogP contribution in [0.25, 0.3) is 0 Å². The van der Waals surface area contributed by atoms with Crippen LogP contribution in [0.3, 0.4) is 0 Å². The van der Waals surface area contributed by atoms with E-state index >= 15 is 0 Å². The van der Waals surface area contributed by atoms with Crippen LogP contribution in [-0.4, -0.2) is 10.1 Å². The summed E-state index contributed by atoms with van der Waals surface area (Å²) in [5.41, 5.74) is 2.56. The van der Waals surface area contributed by atoms with E-state index in [-0.39, 0.29) is 0 Å². The smallest absolute Gasteiger partial charge is 0.123 e. The number of nitrogens with zero attached hydrogens (tertiary/aromatic N) is 1. The normalized spacial score (nSPS) is 12.7. The molecule has 15 heavy (non-hydrogen) atoms. The van der Waals surface area contributed by atoms with E-state index in [4.69, 9.17) is 0 Å². The van der Waals surface area contributed by atoms with Gasteiger partial charge in [0.25, 0.3) is 0 Å². The first-order chi connectivity index (χ1) is 7.20. The van der Waals surface area contributed by atoms with E-state index in [1.54, 1.807) is 5.51 Å². The average molecular weight is 349 g/mol. The molecule has 1 aromatic heterocycles. The van der Waals surface area contributed by atoms with Crippen molar-refractivity contribution in [2.45, 2.75) is 6.10 Å². The van der Waals surface area contributed by atoms with Gasteiger partial charge < -0.3 is 5.11 Å². The maximum Gasteiger partial charge on any atom is 0.123 e. The summed E-state index contributed by atoms with van der Waals surface area (Å²) in [6.07, 6.45) is -0.637. The molecule has 1 heterocycles. The summed E-state index contributed by atoms with van der Waals surface area (Å²) in [6, 6.07) is 7.62. The lowest BCUT2D eigenvalue weighted by atomic mass is 10.1. The van der Waals surface area contributed by atoms with Crippen LogP contribution in [0, 0.1) is 0 Å². The Morgan fingerprint density at radius 1 is 1.27 bits per heavy atom. The molecule has 0 aliphatic rings. The van der Waals surface area contributed by atoms with Crippen molar-refractivity contribution >= 4 is 43.2 Å². The average Bonchev–Trinajstić information content (AvgIpc) is 2.64. The van der Waals surface area contributed by atoms with Crippen molar-refractivity contribution < 1.29 is 5.11 Å². The van der Waals surface area contributed by atoms with Crippen molar-refractivity contribution in [1.29, 1.82) is 0 Å². The molecule has 0 amide bonds. The zero-order valence-corrected chi connectivity index (χ0v) is 11.5. The predicted molar refractivity (Wildman–Crippen MR) is 68.0 cm³/mol. The van der Waals surface area contributed by atoms with Crippen LogP contribution in [0.4, 0.5) is 0 Å². The Bertz CT molecular complexity index is 472. The molecule has 1 unspecified atom stereocenters. The molecule has 0 radical (unpaired) electrons. The summed E-state index contributed by atoms with van der Waals surface area (Å²) >= 11 is 8.16. The zero-order chi connectivity index (χ0) is 10.8. The van der Waals surface area contributed by atoms with E-state index in [0.717, 1.165) is 14.9 Å². The van der Waals surface area contributed by atoms with Gasteiger partial charge in [-0.3, -0.25) is 0 Å². The highest BCUT2D eigenvalue weighted by Crippen LogP contribution is 2.34. The quantitative estimate of drug-likeness (QED) is 0.896. The number of halogens is 2. The summed E-state index contributed by atoms with van der Waals surface area (Å²) in [6.45, 7) is 0. The number of aliphatic hydroxyl groups is 1. The van der Waals surface area contributed by atoms with Gasteiger partial charge in [-0.2, -0.15) is 0 Å². The summed E-state index contributed by atoms with van der Waals surface area (Å²) in [5, 5.41) is 10.2. The molecule has 78 valence electrons. The molecule has 0 bridgehead atoms. The first-order valence-electron chi connectivity index (χ1n) is 4.21. The van der Waals surface area contributed by atoms with E-state index in [1.807, 2.05) is 24.3 Å². The van der Waals surface area contributed by atoms with Crippen molar-refractivity contribution in [3.05, 3.63) is 49.3 Å². The Morgan fingerprint density at radius 2 is 2.00 bits per heavy atom. The monoisotopic (exact) mass is 347 g/mol. The summed E-state index contributed by atoms with van der Waals surface area (Å²) < 4.78 is 1.61. The number of rotatable bonds is 2. The SMILES string of the molecule is OC(c1ccccc1Br)c1scnc1Br. The Labute approximate surface area is 108 Å². The van der Waals surface area contributed by atoms with E-state index in [0.29, 0.717) is 4.60 Å².